The van der Waals surface area contributed by atoms with Gasteiger partial charge in [0.15, 0.2) is 0 Å². The van der Waals surface area contributed by atoms with Crippen molar-refractivity contribution in [3.05, 3.63) is 6.42 Å². The van der Waals surface area contributed by atoms with Gasteiger partial charge in [-0.25, -0.2) is 0 Å². The smallest absolute Gasteiger partial charge is 0.0386 e. The molecule has 0 bridgehead atoms. The topological polar surface area (TPSA) is 0 Å². The molecular weight excluding hydrogens is 216 g/mol. The van der Waals surface area contributed by atoms with E-state index in [-0.39, 0.29) is 12.4 Å². The summed E-state index contributed by atoms with van der Waals surface area (Å²) < 4.78 is 0. The standard InChI is InChI=1S/C15H29.ClH/c1-2-4-6-8-10-12-14-15-13-11-9-7-5-3-1;/h1H,2-15H2;1H. The predicted molar refractivity (Wildman–Crippen MR) is 76.2 cm³/mol. The van der Waals surface area contributed by atoms with Gasteiger partial charge in [-0.1, -0.05) is 89.9 Å². The fourth-order valence-corrected chi connectivity index (χ4v) is 2.49. The van der Waals surface area contributed by atoms with Crippen LogP contribution in [0.2, 0.25) is 0 Å². The molecule has 0 aromatic carbocycles. The van der Waals surface area contributed by atoms with Crippen molar-refractivity contribution < 1.29 is 0 Å². The summed E-state index contributed by atoms with van der Waals surface area (Å²) >= 11 is 0. The molecule has 0 aliphatic heterocycles. The Bertz CT molecular complexity index is 64.0. The lowest BCUT2D eigenvalue weighted by atomic mass is 10.1. The maximum absolute atomic E-state index is 2.53. The van der Waals surface area contributed by atoms with Gasteiger partial charge >= 0.3 is 0 Å². The Balaban J connectivity index is 0.00000225. The first kappa shape index (κ1) is 16.3. The Morgan fingerprint density at radius 1 is 0.375 bits per heavy atom. The number of halogens is 1. The molecule has 0 heterocycles. The van der Waals surface area contributed by atoms with Gasteiger partial charge < -0.3 is 0 Å². The van der Waals surface area contributed by atoms with Crippen LogP contribution >= 0.6 is 12.4 Å². The molecule has 0 aromatic rings. The highest BCUT2D eigenvalue weighted by atomic mass is 35.5. The third-order valence-corrected chi connectivity index (χ3v) is 3.57. The van der Waals surface area contributed by atoms with Crippen LogP contribution in [0.1, 0.15) is 89.9 Å². The van der Waals surface area contributed by atoms with Crippen LogP contribution in [0.4, 0.5) is 0 Å². The van der Waals surface area contributed by atoms with E-state index in [1.807, 2.05) is 0 Å². The number of hydrogen-bond donors (Lipinski definition) is 0. The average Bonchev–Trinajstić information content (AvgIpc) is 2.27. The lowest BCUT2D eigenvalue weighted by Crippen LogP contribution is -1.82. The van der Waals surface area contributed by atoms with Gasteiger partial charge in [-0.05, 0) is 6.42 Å². The van der Waals surface area contributed by atoms with E-state index in [0.717, 1.165) is 0 Å². The van der Waals surface area contributed by atoms with Crippen molar-refractivity contribution in [2.24, 2.45) is 0 Å². The summed E-state index contributed by atoms with van der Waals surface area (Å²) in [5, 5.41) is 0. The second kappa shape index (κ2) is 13.4. The molecular formula is C15H30Cl. The molecule has 0 amide bonds. The fraction of sp³-hybridized carbons (Fsp3) is 0.933. The van der Waals surface area contributed by atoms with Gasteiger partial charge in [-0.3, -0.25) is 0 Å². The molecule has 0 spiro atoms. The first-order chi connectivity index (χ1) is 7.50. The molecule has 0 saturated heterocycles. The van der Waals surface area contributed by atoms with Crippen LogP contribution in [-0.2, 0) is 0 Å². The van der Waals surface area contributed by atoms with Crippen LogP contribution in [0.5, 0.6) is 0 Å². The summed E-state index contributed by atoms with van der Waals surface area (Å²) in [6, 6.07) is 0. The second-order valence-corrected chi connectivity index (χ2v) is 5.11. The van der Waals surface area contributed by atoms with Crippen LogP contribution in [0.15, 0.2) is 0 Å². The zero-order valence-corrected chi connectivity index (χ0v) is 11.7. The first-order valence-corrected chi connectivity index (χ1v) is 7.32. The summed E-state index contributed by atoms with van der Waals surface area (Å²) in [7, 11) is 0. The zero-order chi connectivity index (χ0) is 10.6. The monoisotopic (exact) mass is 245 g/mol. The van der Waals surface area contributed by atoms with Gasteiger partial charge in [-0.15, -0.1) is 12.4 Å². The van der Waals surface area contributed by atoms with Gasteiger partial charge in [-0.2, -0.15) is 0 Å². The summed E-state index contributed by atoms with van der Waals surface area (Å²) in [5.74, 6) is 0. The van der Waals surface area contributed by atoms with Crippen LogP contribution in [-0.4, -0.2) is 0 Å². The molecule has 1 fully saturated rings. The highest BCUT2D eigenvalue weighted by Crippen LogP contribution is 2.15. The zero-order valence-electron chi connectivity index (χ0n) is 10.9. The van der Waals surface area contributed by atoms with Gasteiger partial charge in [0.05, 0.1) is 0 Å². The lowest BCUT2D eigenvalue weighted by Gasteiger charge is -2.01. The van der Waals surface area contributed by atoms with E-state index >= 15 is 0 Å². The molecule has 1 rings (SSSR count). The number of rotatable bonds is 0. The minimum Gasteiger partial charge on any atom is -0.147 e. The maximum atomic E-state index is 2.53. The largest absolute Gasteiger partial charge is 0.147 e. The first-order valence-electron chi connectivity index (χ1n) is 7.32. The van der Waals surface area contributed by atoms with Gasteiger partial charge in [0, 0.05) is 0 Å². The van der Waals surface area contributed by atoms with Crippen molar-refractivity contribution in [1.82, 2.24) is 0 Å². The van der Waals surface area contributed by atoms with Crippen LogP contribution in [0, 0.1) is 6.42 Å². The van der Waals surface area contributed by atoms with Crippen molar-refractivity contribution in [2.75, 3.05) is 0 Å². The third-order valence-electron chi connectivity index (χ3n) is 3.57. The minimum absolute atomic E-state index is 0. The minimum atomic E-state index is 0. The van der Waals surface area contributed by atoms with E-state index < -0.39 is 0 Å². The summed E-state index contributed by atoms with van der Waals surface area (Å²) in [6.07, 6.45) is 23.0. The van der Waals surface area contributed by atoms with Crippen molar-refractivity contribution in [1.29, 1.82) is 0 Å². The summed E-state index contributed by atoms with van der Waals surface area (Å²) in [5.41, 5.74) is 0. The Labute approximate surface area is 109 Å². The Morgan fingerprint density at radius 2 is 0.625 bits per heavy atom. The molecule has 97 valence electrons. The van der Waals surface area contributed by atoms with Gasteiger partial charge in [0.1, 0.15) is 0 Å². The Hall–Kier alpha value is 0.290. The molecule has 0 unspecified atom stereocenters. The van der Waals surface area contributed by atoms with Crippen molar-refractivity contribution in [3.63, 3.8) is 0 Å². The van der Waals surface area contributed by atoms with E-state index in [9.17, 15) is 0 Å². The second-order valence-electron chi connectivity index (χ2n) is 5.11. The fourth-order valence-electron chi connectivity index (χ4n) is 2.49. The summed E-state index contributed by atoms with van der Waals surface area (Å²) in [4.78, 5) is 0. The molecule has 1 aliphatic carbocycles. The van der Waals surface area contributed by atoms with E-state index in [4.69, 9.17) is 0 Å². The van der Waals surface area contributed by atoms with E-state index in [1.165, 1.54) is 89.9 Å². The van der Waals surface area contributed by atoms with Gasteiger partial charge in [0.2, 0.25) is 0 Å². The molecule has 1 radical (unpaired) electrons. The molecule has 16 heavy (non-hydrogen) atoms. The molecule has 1 heteroatoms. The molecule has 1 saturated carbocycles. The van der Waals surface area contributed by atoms with Crippen molar-refractivity contribution in [2.45, 2.75) is 89.9 Å². The normalized spacial score (nSPS) is 22.5. The predicted octanol–water partition coefficient (Wildman–Crippen LogP) is 6.09. The van der Waals surface area contributed by atoms with Gasteiger partial charge in [0.25, 0.3) is 0 Å². The van der Waals surface area contributed by atoms with E-state index in [2.05, 4.69) is 6.42 Å². The Morgan fingerprint density at radius 3 is 0.938 bits per heavy atom. The summed E-state index contributed by atoms with van der Waals surface area (Å²) in [6.45, 7) is 0. The third kappa shape index (κ3) is 10.8. The molecule has 0 aromatic heterocycles. The van der Waals surface area contributed by atoms with Crippen LogP contribution in [0.3, 0.4) is 0 Å². The Kier molecular flexibility index (Phi) is 13.6. The van der Waals surface area contributed by atoms with Crippen LogP contribution in [0.25, 0.3) is 0 Å². The highest BCUT2D eigenvalue weighted by molar-refractivity contribution is 5.85. The highest BCUT2D eigenvalue weighted by Gasteiger charge is 1.96. The lowest BCUT2D eigenvalue weighted by molar-refractivity contribution is 0.548. The molecule has 0 N–H and O–H groups in total. The van der Waals surface area contributed by atoms with E-state index in [0.29, 0.717) is 0 Å². The molecule has 0 atom stereocenters. The van der Waals surface area contributed by atoms with Crippen molar-refractivity contribution in [3.8, 4) is 0 Å². The molecule has 1 aliphatic rings. The maximum Gasteiger partial charge on any atom is -0.0386 e. The quantitative estimate of drug-likeness (QED) is 0.485. The average molecular weight is 246 g/mol. The number of hydrogen-bond acceptors (Lipinski definition) is 0. The molecule has 0 nitrogen and oxygen atoms in total. The van der Waals surface area contributed by atoms with Crippen molar-refractivity contribution >= 4 is 12.4 Å². The van der Waals surface area contributed by atoms with E-state index in [1.54, 1.807) is 0 Å². The van der Waals surface area contributed by atoms with Crippen LogP contribution < -0.4 is 0 Å². The SMILES string of the molecule is Cl.[CH]1CCCCCCCCCCCCCC1.